The Labute approximate surface area is 158 Å². The Morgan fingerprint density at radius 1 is 1.15 bits per heavy atom. The van der Waals surface area contributed by atoms with E-state index in [1.165, 1.54) is 31.0 Å². The summed E-state index contributed by atoms with van der Waals surface area (Å²) in [6.07, 6.45) is 2.73. The third kappa shape index (κ3) is 6.89. The normalized spacial score (nSPS) is 17.5. The monoisotopic (exact) mass is 378 g/mol. The number of carbonyl (C=O) groups excluding carboxylic acids is 2. The van der Waals surface area contributed by atoms with Gasteiger partial charge in [-0.1, -0.05) is 0 Å². The zero-order chi connectivity index (χ0) is 19.1. The van der Waals surface area contributed by atoms with E-state index in [0.717, 1.165) is 19.6 Å². The summed E-state index contributed by atoms with van der Waals surface area (Å²) in [5.74, 6) is -0.274. The van der Waals surface area contributed by atoms with Gasteiger partial charge in [-0.2, -0.15) is 0 Å². The Kier molecular flexibility index (Phi) is 7.14. The van der Waals surface area contributed by atoms with Gasteiger partial charge in [0, 0.05) is 31.7 Å². The molecule has 3 N–H and O–H groups in total. The van der Waals surface area contributed by atoms with Crippen molar-refractivity contribution in [2.75, 3.05) is 56.6 Å². The lowest BCUT2D eigenvalue weighted by Crippen LogP contribution is -2.38. The van der Waals surface area contributed by atoms with Crippen molar-refractivity contribution in [2.24, 2.45) is 5.92 Å². The van der Waals surface area contributed by atoms with Crippen LogP contribution in [-0.2, 0) is 14.3 Å². The van der Waals surface area contributed by atoms with Crippen LogP contribution in [0.4, 0.5) is 15.8 Å². The fourth-order valence-electron chi connectivity index (χ4n) is 2.91. The van der Waals surface area contributed by atoms with Gasteiger partial charge in [-0.3, -0.25) is 14.5 Å². The number of nitrogens with one attached hydrogen (secondary N) is 3. The number of amides is 2. The molecule has 1 heterocycles. The number of halogens is 1. The van der Waals surface area contributed by atoms with Crippen LogP contribution in [0.3, 0.4) is 0 Å². The lowest BCUT2D eigenvalue weighted by atomic mass is 10.2. The standard InChI is InChI=1S/C19H27FN4O3/c20-16-4-3-15(22-19(26)13-21-12-14-1-2-14)11-17(16)23-18(25)5-6-24-7-9-27-10-8-24/h3-4,11,14,21H,1-2,5-10,12-13H2,(H,22,26)(H,23,25). The molecule has 1 aliphatic carbocycles. The summed E-state index contributed by atoms with van der Waals surface area (Å²) in [4.78, 5) is 26.2. The highest BCUT2D eigenvalue weighted by Crippen LogP contribution is 2.27. The van der Waals surface area contributed by atoms with Crippen molar-refractivity contribution < 1.29 is 18.7 Å². The van der Waals surface area contributed by atoms with E-state index in [1.54, 1.807) is 0 Å². The number of anilines is 2. The van der Waals surface area contributed by atoms with E-state index in [0.29, 0.717) is 31.4 Å². The molecule has 1 saturated heterocycles. The molecule has 0 atom stereocenters. The maximum atomic E-state index is 14.0. The Bertz CT molecular complexity index is 660. The van der Waals surface area contributed by atoms with Crippen LogP contribution in [-0.4, -0.2) is 62.7 Å². The summed E-state index contributed by atoms with van der Waals surface area (Å²) in [7, 11) is 0. The first-order valence-corrected chi connectivity index (χ1v) is 9.50. The fraction of sp³-hybridized carbons (Fsp3) is 0.579. The number of hydrogen-bond acceptors (Lipinski definition) is 5. The van der Waals surface area contributed by atoms with Crippen LogP contribution in [0.2, 0.25) is 0 Å². The summed E-state index contributed by atoms with van der Waals surface area (Å²) in [6.45, 7) is 4.63. The minimum Gasteiger partial charge on any atom is -0.379 e. The van der Waals surface area contributed by atoms with Crippen LogP contribution in [0, 0.1) is 11.7 Å². The molecule has 2 fully saturated rings. The molecule has 27 heavy (non-hydrogen) atoms. The maximum absolute atomic E-state index is 14.0. The summed E-state index contributed by atoms with van der Waals surface area (Å²) in [5.41, 5.74) is 0.531. The predicted octanol–water partition coefficient (Wildman–Crippen LogP) is 1.42. The summed E-state index contributed by atoms with van der Waals surface area (Å²) < 4.78 is 19.3. The van der Waals surface area contributed by atoms with Crippen molar-refractivity contribution in [1.82, 2.24) is 10.2 Å². The lowest BCUT2D eigenvalue weighted by Gasteiger charge is -2.26. The molecule has 1 aromatic rings. The molecule has 0 radical (unpaired) electrons. The van der Waals surface area contributed by atoms with Gasteiger partial charge in [0.25, 0.3) is 0 Å². The minimum atomic E-state index is -0.528. The van der Waals surface area contributed by atoms with E-state index in [2.05, 4.69) is 20.9 Å². The van der Waals surface area contributed by atoms with E-state index in [4.69, 9.17) is 4.74 Å². The maximum Gasteiger partial charge on any atom is 0.238 e. The van der Waals surface area contributed by atoms with E-state index in [-0.39, 0.29) is 30.5 Å². The van der Waals surface area contributed by atoms with Crippen LogP contribution in [0.1, 0.15) is 19.3 Å². The van der Waals surface area contributed by atoms with Crippen LogP contribution in [0.15, 0.2) is 18.2 Å². The summed E-state index contributed by atoms with van der Waals surface area (Å²) in [6, 6.07) is 4.17. The molecule has 1 saturated carbocycles. The topological polar surface area (TPSA) is 82.7 Å². The Balaban J connectivity index is 1.45. The van der Waals surface area contributed by atoms with Gasteiger partial charge >= 0.3 is 0 Å². The van der Waals surface area contributed by atoms with Crippen molar-refractivity contribution in [3.05, 3.63) is 24.0 Å². The first kappa shape index (κ1) is 19.7. The highest BCUT2D eigenvalue weighted by molar-refractivity contribution is 5.95. The number of nitrogens with zero attached hydrogens (tertiary/aromatic N) is 1. The van der Waals surface area contributed by atoms with Crippen molar-refractivity contribution in [3.8, 4) is 0 Å². The molecule has 1 aromatic carbocycles. The third-order valence-electron chi connectivity index (χ3n) is 4.70. The zero-order valence-electron chi connectivity index (χ0n) is 15.4. The van der Waals surface area contributed by atoms with Crippen LogP contribution in [0.25, 0.3) is 0 Å². The number of morpholine rings is 1. The largest absolute Gasteiger partial charge is 0.379 e. The molecule has 2 aliphatic rings. The zero-order valence-corrected chi connectivity index (χ0v) is 15.4. The third-order valence-corrected chi connectivity index (χ3v) is 4.70. The molecule has 0 bridgehead atoms. The first-order chi connectivity index (χ1) is 13.1. The van der Waals surface area contributed by atoms with Crippen LogP contribution < -0.4 is 16.0 Å². The molecular weight excluding hydrogens is 351 g/mol. The van der Waals surface area contributed by atoms with Crippen molar-refractivity contribution >= 4 is 23.2 Å². The second-order valence-electron chi connectivity index (χ2n) is 7.07. The first-order valence-electron chi connectivity index (χ1n) is 9.50. The average Bonchev–Trinajstić information content (AvgIpc) is 3.48. The molecule has 148 valence electrons. The molecule has 7 nitrogen and oxygen atoms in total. The van der Waals surface area contributed by atoms with Gasteiger partial charge < -0.3 is 20.7 Å². The minimum absolute atomic E-state index is 0.0747. The molecule has 3 rings (SSSR count). The number of benzene rings is 1. The molecule has 0 unspecified atom stereocenters. The van der Waals surface area contributed by atoms with Crippen LogP contribution in [0.5, 0.6) is 0 Å². The molecule has 8 heteroatoms. The van der Waals surface area contributed by atoms with Gasteiger partial charge in [0.2, 0.25) is 11.8 Å². The van der Waals surface area contributed by atoms with Gasteiger partial charge in [0.15, 0.2) is 0 Å². The fourth-order valence-corrected chi connectivity index (χ4v) is 2.91. The summed E-state index contributed by atoms with van der Waals surface area (Å²) >= 11 is 0. The summed E-state index contributed by atoms with van der Waals surface area (Å²) in [5, 5.41) is 8.41. The van der Waals surface area contributed by atoms with Gasteiger partial charge in [0.05, 0.1) is 25.4 Å². The average molecular weight is 378 g/mol. The molecule has 1 aliphatic heterocycles. The molecule has 0 aromatic heterocycles. The van der Waals surface area contributed by atoms with Gasteiger partial charge in [-0.05, 0) is 43.5 Å². The predicted molar refractivity (Wildman–Crippen MR) is 101 cm³/mol. The van der Waals surface area contributed by atoms with Gasteiger partial charge in [-0.15, -0.1) is 0 Å². The number of ether oxygens (including phenoxy) is 1. The Morgan fingerprint density at radius 3 is 2.67 bits per heavy atom. The van der Waals surface area contributed by atoms with Crippen molar-refractivity contribution in [2.45, 2.75) is 19.3 Å². The van der Waals surface area contributed by atoms with Crippen molar-refractivity contribution in [3.63, 3.8) is 0 Å². The lowest BCUT2D eigenvalue weighted by molar-refractivity contribution is -0.117. The van der Waals surface area contributed by atoms with Crippen LogP contribution >= 0.6 is 0 Å². The van der Waals surface area contributed by atoms with Crippen molar-refractivity contribution in [1.29, 1.82) is 0 Å². The Hall–Kier alpha value is -2.03. The SMILES string of the molecule is O=C(CNCC1CC1)Nc1ccc(F)c(NC(=O)CCN2CCOCC2)c1. The second kappa shape index (κ2) is 9.77. The molecular formula is C19H27FN4O3. The smallest absolute Gasteiger partial charge is 0.238 e. The molecule has 2 amide bonds. The number of rotatable bonds is 9. The quantitative estimate of drug-likeness (QED) is 0.606. The van der Waals surface area contributed by atoms with E-state index in [1.807, 2.05) is 0 Å². The van der Waals surface area contributed by atoms with Gasteiger partial charge in [-0.25, -0.2) is 4.39 Å². The second-order valence-corrected chi connectivity index (χ2v) is 7.07. The number of hydrogen-bond donors (Lipinski definition) is 3. The number of carbonyl (C=O) groups is 2. The van der Waals surface area contributed by atoms with Gasteiger partial charge in [0.1, 0.15) is 5.82 Å². The van der Waals surface area contributed by atoms with E-state index in [9.17, 15) is 14.0 Å². The van der Waals surface area contributed by atoms with E-state index >= 15 is 0 Å². The molecule has 0 spiro atoms. The highest BCUT2D eigenvalue weighted by Gasteiger charge is 2.20. The Morgan fingerprint density at radius 2 is 1.93 bits per heavy atom. The van der Waals surface area contributed by atoms with E-state index < -0.39 is 5.82 Å². The highest BCUT2D eigenvalue weighted by atomic mass is 19.1.